The van der Waals surface area contributed by atoms with Gasteiger partial charge in [-0.15, -0.1) is 0 Å². The molecule has 0 spiro atoms. The van der Waals surface area contributed by atoms with E-state index in [0.717, 1.165) is 25.7 Å². The van der Waals surface area contributed by atoms with Gasteiger partial charge in [-0.25, -0.2) is 0 Å². The highest BCUT2D eigenvalue weighted by molar-refractivity contribution is 5.03. The number of hydrogen-bond acceptors (Lipinski definition) is 2. The molecule has 0 bridgehead atoms. The Hall–Kier alpha value is -0.340. The van der Waals surface area contributed by atoms with E-state index in [0.29, 0.717) is 6.04 Å². The highest BCUT2D eigenvalue weighted by atomic mass is 16.5. The van der Waals surface area contributed by atoms with Crippen LogP contribution in [0.3, 0.4) is 0 Å². The van der Waals surface area contributed by atoms with Crippen molar-refractivity contribution in [2.75, 3.05) is 19.8 Å². The molecule has 0 aromatic heterocycles. The Balaban J connectivity index is 2.26. The molecule has 2 nitrogen and oxygen atoms in total. The Kier molecular flexibility index (Phi) is 5.20. The zero-order chi connectivity index (χ0) is 10.4. The van der Waals surface area contributed by atoms with E-state index < -0.39 is 0 Å². The maximum atomic E-state index is 5.33. The van der Waals surface area contributed by atoms with Gasteiger partial charge in [0.15, 0.2) is 0 Å². The molecule has 1 aliphatic heterocycles. The topological polar surface area (TPSA) is 21.3 Å². The van der Waals surface area contributed by atoms with Gasteiger partial charge in [0.1, 0.15) is 0 Å². The van der Waals surface area contributed by atoms with Gasteiger partial charge < -0.3 is 10.1 Å². The molecule has 1 saturated heterocycles. The molecule has 0 amide bonds. The molecule has 0 atom stereocenters. The fourth-order valence-corrected chi connectivity index (χ4v) is 1.71. The van der Waals surface area contributed by atoms with Crippen molar-refractivity contribution in [3.8, 4) is 0 Å². The molecule has 0 aromatic rings. The van der Waals surface area contributed by atoms with E-state index in [-0.39, 0.29) is 0 Å². The third-order valence-electron chi connectivity index (χ3n) is 2.58. The van der Waals surface area contributed by atoms with Gasteiger partial charge in [-0.05, 0) is 25.7 Å². The summed E-state index contributed by atoms with van der Waals surface area (Å²) >= 11 is 0. The van der Waals surface area contributed by atoms with Crippen LogP contribution in [0, 0.1) is 5.92 Å². The second kappa shape index (κ2) is 6.20. The number of hydrogen-bond donors (Lipinski definition) is 1. The maximum absolute atomic E-state index is 5.33. The lowest BCUT2D eigenvalue weighted by Gasteiger charge is -2.20. The van der Waals surface area contributed by atoms with E-state index in [9.17, 15) is 0 Å². The van der Waals surface area contributed by atoms with Gasteiger partial charge in [-0.1, -0.05) is 25.5 Å². The van der Waals surface area contributed by atoms with Crippen molar-refractivity contribution >= 4 is 0 Å². The highest BCUT2D eigenvalue weighted by Gasteiger charge is 2.10. The van der Waals surface area contributed by atoms with Crippen LogP contribution >= 0.6 is 0 Å². The van der Waals surface area contributed by atoms with Gasteiger partial charge in [0, 0.05) is 25.8 Å². The smallest absolute Gasteiger partial charge is 0.0471 e. The molecule has 0 aliphatic carbocycles. The number of allylic oxidation sites excluding steroid dienone is 1. The third kappa shape index (κ3) is 4.77. The first-order valence-electron chi connectivity index (χ1n) is 5.67. The summed E-state index contributed by atoms with van der Waals surface area (Å²) in [5, 5.41) is 3.44. The quantitative estimate of drug-likeness (QED) is 0.699. The van der Waals surface area contributed by atoms with Gasteiger partial charge in [-0.2, -0.15) is 0 Å². The van der Waals surface area contributed by atoms with Gasteiger partial charge in [-0.3, -0.25) is 0 Å². The van der Waals surface area contributed by atoms with Crippen LogP contribution in [0.2, 0.25) is 0 Å². The van der Waals surface area contributed by atoms with E-state index in [1.807, 2.05) is 0 Å². The lowest BCUT2D eigenvalue weighted by molar-refractivity contribution is 0.0783. The van der Waals surface area contributed by atoms with Crippen LogP contribution in [-0.2, 0) is 4.74 Å². The molecular formula is C12H23NO. The molecule has 0 unspecified atom stereocenters. The van der Waals surface area contributed by atoms with Crippen LogP contribution in [0.5, 0.6) is 0 Å². The lowest BCUT2D eigenvalue weighted by atomic mass is 9.97. The van der Waals surface area contributed by atoms with Crippen molar-refractivity contribution in [3.05, 3.63) is 11.6 Å². The van der Waals surface area contributed by atoms with Crippen molar-refractivity contribution in [1.29, 1.82) is 0 Å². The fraction of sp³-hybridized carbons (Fsp3) is 0.833. The monoisotopic (exact) mass is 197 g/mol. The minimum Gasteiger partial charge on any atom is -0.381 e. The van der Waals surface area contributed by atoms with E-state index in [4.69, 9.17) is 4.74 Å². The zero-order valence-electron chi connectivity index (χ0n) is 9.68. The normalized spacial score (nSPS) is 20.4. The second-order valence-electron chi connectivity index (χ2n) is 4.50. The van der Waals surface area contributed by atoms with Crippen LogP contribution in [0.4, 0.5) is 0 Å². The van der Waals surface area contributed by atoms with Crippen LogP contribution in [0.25, 0.3) is 0 Å². The van der Waals surface area contributed by atoms with Crippen molar-refractivity contribution < 1.29 is 4.74 Å². The first-order valence-corrected chi connectivity index (χ1v) is 5.67. The van der Waals surface area contributed by atoms with Crippen molar-refractivity contribution in [2.24, 2.45) is 5.92 Å². The minimum absolute atomic E-state index is 0.577. The van der Waals surface area contributed by atoms with Crippen molar-refractivity contribution in [1.82, 2.24) is 5.32 Å². The fourth-order valence-electron chi connectivity index (χ4n) is 1.71. The van der Waals surface area contributed by atoms with Gasteiger partial charge in [0.2, 0.25) is 0 Å². The van der Waals surface area contributed by atoms with Crippen LogP contribution < -0.4 is 5.32 Å². The van der Waals surface area contributed by atoms with E-state index >= 15 is 0 Å². The standard InChI is InChI=1S/C12H23NO/c1-10(2)13-9-11(3)8-12-4-6-14-7-5-12/h8,10,12-13H,4-7,9H2,1-3H3. The molecule has 0 aromatic carbocycles. The summed E-state index contributed by atoms with van der Waals surface area (Å²) in [7, 11) is 0. The molecule has 0 radical (unpaired) electrons. The summed E-state index contributed by atoms with van der Waals surface area (Å²) in [6, 6.07) is 0.577. The molecule has 1 aliphatic rings. The molecule has 1 N–H and O–H groups in total. The van der Waals surface area contributed by atoms with E-state index in [1.54, 1.807) is 0 Å². The first-order chi connectivity index (χ1) is 6.68. The molecule has 14 heavy (non-hydrogen) atoms. The van der Waals surface area contributed by atoms with Crippen LogP contribution in [0.1, 0.15) is 33.6 Å². The number of rotatable bonds is 4. The van der Waals surface area contributed by atoms with Crippen LogP contribution in [-0.4, -0.2) is 25.8 Å². The number of ether oxygens (including phenoxy) is 1. The highest BCUT2D eigenvalue weighted by Crippen LogP contribution is 2.17. The summed E-state index contributed by atoms with van der Waals surface area (Å²) in [6.07, 6.45) is 4.80. The first kappa shape index (κ1) is 11.7. The van der Waals surface area contributed by atoms with Gasteiger partial charge >= 0.3 is 0 Å². The van der Waals surface area contributed by atoms with E-state index in [2.05, 4.69) is 32.2 Å². The third-order valence-corrected chi connectivity index (χ3v) is 2.58. The molecule has 1 heterocycles. The Bertz CT molecular complexity index is 181. The zero-order valence-corrected chi connectivity index (χ0v) is 9.68. The Morgan fingerprint density at radius 2 is 2.07 bits per heavy atom. The lowest BCUT2D eigenvalue weighted by Crippen LogP contribution is -2.24. The predicted octanol–water partition coefficient (Wildman–Crippen LogP) is 2.36. The summed E-state index contributed by atoms with van der Waals surface area (Å²) in [5.74, 6) is 0.748. The molecule has 1 fully saturated rings. The van der Waals surface area contributed by atoms with Crippen LogP contribution in [0.15, 0.2) is 11.6 Å². The molecule has 2 heteroatoms. The summed E-state index contributed by atoms with van der Waals surface area (Å²) in [6.45, 7) is 9.47. The van der Waals surface area contributed by atoms with Crippen molar-refractivity contribution in [3.63, 3.8) is 0 Å². The SMILES string of the molecule is CC(=CC1CCOCC1)CNC(C)C. The largest absolute Gasteiger partial charge is 0.381 e. The summed E-state index contributed by atoms with van der Waals surface area (Å²) < 4.78 is 5.33. The molecule has 0 saturated carbocycles. The summed E-state index contributed by atoms with van der Waals surface area (Å²) in [5.41, 5.74) is 1.46. The predicted molar refractivity (Wildman–Crippen MR) is 60.4 cm³/mol. The average Bonchev–Trinajstić information content (AvgIpc) is 2.16. The Morgan fingerprint density at radius 1 is 1.43 bits per heavy atom. The Labute approximate surface area is 87.7 Å². The average molecular weight is 197 g/mol. The summed E-state index contributed by atoms with van der Waals surface area (Å²) in [4.78, 5) is 0. The Morgan fingerprint density at radius 3 is 2.64 bits per heavy atom. The van der Waals surface area contributed by atoms with Gasteiger partial charge in [0.25, 0.3) is 0 Å². The molecule has 1 rings (SSSR count). The van der Waals surface area contributed by atoms with E-state index in [1.165, 1.54) is 18.4 Å². The number of nitrogens with one attached hydrogen (secondary N) is 1. The molecular weight excluding hydrogens is 174 g/mol. The van der Waals surface area contributed by atoms with Crippen molar-refractivity contribution in [2.45, 2.75) is 39.7 Å². The van der Waals surface area contributed by atoms with Gasteiger partial charge in [0.05, 0.1) is 0 Å². The maximum Gasteiger partial charge on any atom is 0.0471 e. The minimum atomic E-state index is 0.577. The molecule has 82 valence electrons. The second-order valence-corrected chi connectivity index (χ2v) is 4.50.